The standard InChI is InChI=1S/C12H18N2O2/c1-4-10(12(13)14-15)16-11-7-8(2)5-6-9(11)3/h5-7,10,15H,4H2,1-3H3,(H2,13,14). The fourth-order valence-corrected chi connectivity index (χ4v) is 1.40. The second-order valence-corrected chi connectivity index (χ2v) is 3.81. The summed E-state index contributed by atoms with van der Waals surface area (Å²) in [6.45, 7) is 5.89. The minimum absolute atomic E-state index is 0.100. The van der Waals surface area contributed by atoms with E-state index in [1.165, 1.54) is 0 Å². The zero-order chi connectivity index (χ0) is 12.1. The molecule has 3 N–H and O–H groups in total. The maximum absolute atomic E-state index is 8.62. The van der Waals surface area contributed by atoms with Gasteiger partial charge in [0.2, 0.25) is 0 Å². The summed E-state index contributed by atoms with van der Waals surface area (Å²) in [6, 6.07) is 5.96. The van der Waals surface area contributed by atoms with Crippen molar-refractivity contribution in [2.45, 2.75) is 33.3 Å². The summed E-state index contributed by atoms with van der Waals surface area (Å²) in [7, 11) is 0. The number of aryl methyl sites for hydroxylation is 2. The molecule has 0 aromatic heterocycles. The first-order valence-electron chi connectivity index (χ1n) is 5.29. The molecule has 0 radical (unpaired) electrons. The van der Waals surface area contributed by atoms with Crippen LogP contribution in [0.4, 0.5) is 0 Å². The Kier molecular flexibility index (Phi) is 4.17. The highest BCUT2D eigenvalue weighted by atomic mass is 16.5. The molecule has 0 amide bonds. The molecular formula is C12H18N2O2. The lowest BCUT2D eigenvalue weighted by Gasteiger charge is -2.17. The van der Waals surface area contributed by atoms with Crippen molar-refractivity contribution in [3.8, 4) is 5.75 Å². The van der Waals surface area contributed by atoms with E-state index in [0.717, 1.165) is 16.9 Å². The first-order valence-corrected chi connectivity index (χ1v) is 5.29. The summed E-state index contributed by atoms with van der Waals surface area (Å²) in [4.78, 5) is 0. The topological polar surface area (TPSA) is 67.8 Å². The third kappa shape index (κ3) is 2.89. The lowest BCUT2D eigenvalue weighted by molar-refractivity contribution is 0.245. The highest BCUT2D eigenvalue weighted by molar-refractivity contribution is 5.84. The third-order valence-corrected chi connectivity index (χ3v) is 2.43. The zero-order valence-electron chi connectivity index (χ0n) is 9.90. The number of nitrogens with two attached hydrogens (primary N) is 1. The van der Waals surface area contributed by atoms with Crippen LogP contribution in [0, 0.1) is 13.8 Å². The number of amidine groups is 1. The van der Waals surface area contributed by atoms with Crippen LogP contribution in [0.15, 0.2) is 23.4 Å². The number of ether oxygens (including phenoxy) is 1. The van der Waals surface area contributed by atoms with Crippen molar-refractivity contribution < 1.29 is 9.94 Å². The van der Waals surface area contributed by atoms with Crippen LogP contribution in [0.2, 0.25) is 0 Å². The lowest BCUT2D eigenvalue weighted by atomic mass is 10.1. The van der Waals surface area contributed by atoms with Gasteiger partial charge in [-0.3, -0.25) is 0 Å². The molecule has 0 aliphatic rings. The summed E-state index contributed by atoms with van der Waals surface area (Å²) < 4.78 is 5.71. The molecule has 0 saturated heterocycles. The van der Waals surface area contributed by atoms with Gasteiger partial charge in [0.05, 0.1) is 0 Å². The monoisotopic (exact) mass is 222 g/mol. The highest BCUT2D eigenvalue weighted by Crippen LogP contribution is 2.21. The molecule has 0 heterocycles. The average Bonchev–Trinajstić information content (AvgIpc) is 2.29. The van der Waals surface area contributed by atoms with E-state index < -0.39 is 0 Å². The normalized spacial score (nSPS) is 13.6. The van der Waals surface area contributed by atoms with E-state index in [4.69, 9.17) is 15.7 Å². The second-order valence-electron chi connectivity index (χ2n) is 3.81. The van der Waals surface area contributed by atoms with E-state index in [9.17, 15) is 0 Å². The van der Waals surface area contributed by atoms with Crippen molar-refractivity contribution >= 4 is 5.84 Å². The minimum Gasteiger partial charge on any atom is -0.482 e. The number of oxime groups is 1. The first kappa shape index (κ1) is 12.4. The van der Waals surface area contributed by atoms with Gasteiger partial charge in [-0.2, -0.15) is 0 Å². The molecule has 1 rings (SSSR count). The van der Waals surface area contributed by atoms with Gasteiger partial charge in [-0.15, -0.1) is 0 Å². The minimum atomic E-state index is -0.384. The molecule has 4 heteroatoms. The van der Waals surface area contributed by atoms with Gasteiger partial charge in [0.15, 0.2) is 11.9 Å². The predicted molar refractivity (Wildman–Crippen MR) is 64.0 cm³/mol. The Morgan fingerprint density at radius 1 is 1.50 bits per heavy atom. The molecular weight excluding hydrogens is 204 g/mol. The van der Waals surface area contributed by atoms with E-state index in [1.54, 1.807) is 0 Å². The van der Waals surface area contributed by atoms with Crippen LogP contribution >= 0.6 is 0 Å². The Morgan fingerprint density at radius 2 is 2.19 bits per heavy atom. The van der Waals surface area contributed by atoms with Gasteiger partial charge in [-0.25, -0.2) is 0 Å². The highest BCUT2D eigenvalue weighted by Gasteiger charge is 2.14. The Bertz CT molecular complexity index is 389. The number of nitrogens with zero attached hydrogens (tertiary/aromatic N) is 1. The van der Waals surface area contributed by atoms with Crippen molar-refractivity contribution in [3.05, 3.63) is 29.3 Å². The second kappa shape index (κ2) is 5.39. The van der Waals surface area contributed by atoms with E-state index in [1.807, 2.05) is 39.0 Å². The Morgan fingerprint density at radius 3 is 2.75 bits per heavy atom. The van der Waals surface area contributed by atoms with Crippen LogP contribution in [0.1, 0.15) is 24.5 Å². The summed E-state index contributed by atoms with van der Waals surface area (Å²) >= 11 is 0. The first-order chi connectivity index (χ1) is 7.58. The van der Waals surface area contributed by atoms with Crippen LogP contribution in [-0.4, -0.2) is 17.1 Å². The molecule has 1 unspecified atom stereocenters. The maximum atomic E-state index is 8.62. The number of rotatable bonds is 4. The molecule has 0 spiro atoms. The van der Waals surface area contributed by atoms with Crippen molar-refractivity contribution in [1.82, 2.24) is 0 Å². The van der Waals surface area contributed by atoms with Gasteiger partial charge >= 0.3 is 0 Å². The molecule has 0 aliphatic heterocycles. The molecule has 88 valence electrons. The number of benzene rings is 1. The van der Waals surface area contributed by atoms with Gasteiger partial charge < -0.3 is 15.7 Å². The van der Waals surface area contributed by atoms with Gasteiger partial charge in [-0.05, 0) is 37.5 Å². The smallest absolute Gasteiger partial charge is 0.180 e. The summed E-state index contributed by atoms with van der Waals surface area (Å²) in [5.41, 5.74) is 7.70. The summed E-state index contributed by atoms with van der Waals surface area (Å²) in [5.74, 6) is 0.877. The summed E-state index contributed by atoms with van der Waals surface area (Å²) in [6.07, 6.45) is 0.272. The van der Waals surface area contributed by atoms with E-state index in [0.29, 0.717) is 6.42 Å². The predicted octanol–water partition coefficient (Wildman–Crippen LogP) is 2.21. The van der Waals surface area contributed by atoms with E-state index in [-0.39, 0.29) is 11.9 Å². The quantitative estimate of drug-likeness (QED) is 0.355. The van der Waals surface area contributed by atoms with Gasteiger partial charge in [0.25, 0.3) is 0 Å². The van der Waals surface area contributed by atoms with Gasteiger partial charge in [0, 0.05) is 0 Å². The van der Waals surface area contributed by atoms with Crippen LogP contribution < -0.4 is 10.5 Å². The van der Waals surface area contributed by atoms with Crippen molar-refractivity contribution in [1.29, 1.82) is 0 Å². The number of hydrogen-bond acceptors (Lipinski definition) is 3. The molecule has 1 aromatic rings. The molecule has 0 aliphatic carbocycles. The molecule has 1 atom stereocenters. The average molecular weight is 222 g/mol. The maximum Gasteiger partial charge on any atom is 0.180 e. The van der Waals surface area contributed by atoms with Crippen molar-refractivity contribution in [2.24, 2.45) is 10.9 Å². The van der Waals surface area contributed by atoms with Crippen molar-refractivity contribution in [2.75, 3.05) is 0 Å². The fraction of sp³-hybridized carbons (Fsp3) is 0.417. The molecule has 0 saturated carbocycles. The van der Waals surface area contributed by atoms with Gasteiger partial charge in [-0.1, -0.05) is 24.2 Å². The Hall–Kier alpha value is -1.71. The van der Waals surface area contributed by atoms with Gasteiger partial charge in [0.1, 0.15) is 5.75 Å². The fourth-order valence-electron chi connectivity index (χ4n) is 1.40. The Labute approximate surface area is 95.7 Å². The molecule has 4 nitrogen and oxygen atoms in total. The van der Waals surface area contributed by atoms with Crippen LogP contribution in [0.3, 0.4) is 0 Å². The van der Waals surface area contributed by atoms with Crippen LogP contribution in [-0.2, 0) is 0 Å². The zero-order valence-corrected chi connectivity index (χ0v) is 9.90. The summed E-state index contributed by atoms with van der Waals surface area (Å²) in [5, 5.41) is 11.6. The molecule has 0 bridgehead atoms. The largest absolute Gasteiger partial charge is 0.482 e. The molecule has 0 fully saturated rings. The van der Waals surface area contributed by atoms with Crippen molar-refractivity contribution in [3.63, 3.8) is 0 Å². The number of hydrogen-bond donors (Lipinski definition) is 2. The SMILES string of the molecule is CCC(Oc1cc(C)ccc1C)C(N)=NO. The van der Waals surface area contributed by atoms with Crippen LogP contribution in [0.5, 0.6) is 5.75 Å². The molecule has 1 aromatic carbocycles. The lowest BCUT2D eigenvalue weighted by Crippen LogP contribution is -2.33. The van der Waals surface area contributed by atoms with Crippen LogP contribution in [0.25, 0.3) is 0 Å². The Balaban J connectivity index is 2.89. The van der Waals surface area contributed by atoms with E-state index >= 15 is 0 Å². The third-order valence-electron chi connectivity index (χ3n) is 2.43. The van der Waals surface area contributed by atoms with E-state index in [2.05, 4.69) is 5.16 Å². The molecule has 16 heavy (non-hydrogen) atoms.